The summed E-state index contributed by atoms with van der Waals surface area (Å²) in [6, 6.07) is 8.45. The second kappa shape index (κ2) is 6.28. The van der Waals surface area contributed by atoms with E-state index in [2.05, 4.69) is 37.3 Å². The Morgan fingerprint density at radius 3 is 2.53 bits per heavy atom. The molecule has 0 amide bonds. The summed E-state index contributed by atoms with van der Waals surface area (Å²) in [4.78, 5) is 0. The van der Waals surface area contributed by atoms with Crippen molar-refractivity contribution in [2.45, 2.75) is 33.6 Å². The number of rotatable bonds is 2. The van der Waals surface area contributed by atoms with Gasteiger partial charge in [-0.2, -0.15) is 0 Å². The van der Waals surface area contributed by atoms with Crippen molar-refractivity contribution in [2.24, 2.45) is 0 Å². The molecule has 0 fully saturated rings. The SMILES string of the molecule is CC.CCc1ccccc1C1=CCCO1. The molecular weight excluding hydrogens is 184 g/mol. The molecule has 0 aliphatic carbocycles. The molecule has 0 saturated carbocycles. The maximum absolute atomic E-state index is 5.54. The standard InChI is InChI=1S/C12H14O.C2H6/c1-2-10-6-3-4-7-11(10)12-8-5-9-13-12;1-2/h3-4,6-8H,2,5,9H2,1H3;1-2H3. The van der Waals surface area contributed by atoms with Crippen molar-refractivity contribution in [2.75, 3.05) is 6.61 Å². The van der Waals surface area contributed by atoms with Gasteiger partial charge in [-0.05, 0) is 18.1 Å². The van der Waals surface area contributed by atoms with E-state index in [1.54, 1.807) is 0 Å². The van der Waals surface area contributed by atoms with Crippen molar-refractivity contribution >= 4 is 5.76 Å². The minimum absolute atomic E-state index is 0.841. The third kappa shape index (κ3) is 2.85. The summed E-state index contributed by atoms with van der Waals surface area (Å²) >= 11 is 0. The first kappa shape index (κ1) is 11.8. The fraction of sp³-hybridized carbons (Fsp3) is 0.429. The van der Waals surface area contributed by atoms with E-state index in [1.165, 1.54) is 11.1 Å². The number of ether oxygens (including phenoxy) is 1. The first-order valence-electron chi connectivity index (χ1n) is 5.83. The summed E-state index contributed by atoms with van der Waals surface area (Å²) in [6.45, 7) is 7.02. The maximum atomic E-state index is 5.54. The fourth-order valence-electron chi connectivity index (χ4n) is 1.67. The number of benzene rings is 1. The van der Waals surface area contributed by atoms with E-state index in [4.69, 9.17) is 4.74 Å². The molecule has 0 atom stereocenters. The van der Waals surface area contributed by atoms with Crippen LogP contribution < -0.4 is 0 Å². The van der Waals surface area contributed by atoms with Gasteiger partial charge in [0.2, 0.25) is 0 Å². The van der Waals surface area contributed by atoms with Crippen LogP contribution in [0.5, 0.6) is 0 Å². The van der Waals surface area contributed by atoms with E-state index >= 15 is 0 Å². The van der Waals surface area contributed by atoms with Gasteiger partial charge in [-0.3, -0.25) is 0 Å². The predicted octanol–water partition coefficient (Wildman–Crippen LogP) is 4.04. The summed E-state index contributed by atoms with van der Waals surface area (Å²) in [5.74, 6) is 1.07. The van der Waals surface area contributed by atoms with Gasteiger partial charge in [0.1, 0.15) is 5.76 Å². The van der Waals surface area contributed by atoms with Crippen LogP contribution in [0.25, 0.3) is 5.76 Å². The molecule has 1 aliphatic rings. The zero-order valence-electron chi connectivity index (χ0n) is 9.92. The lowest BCUT2D eigenvalue weighted by Crippen LogP contribution is -1.92. The second-order valence-corrected chi connectivity index (χ2v) is 3.22. The van der Waals surface area contributed by atoms with E-state index < -0.39 is 0 Å². The van der Waals surface area contributed by atoms with Crippen LogP contribution >= 0.6 is 0 Å². The summed E-state index contributed by atoms with van der Waals surface area (Å²) in [6.07, 6.45) is 4.29. The lowest BCUT2D eigenvalue weighted by Gasteiger charge is -2.08. The van der Waals surface area contributed by atoms with Crippen molar-refractivity contribution in [1.29, 1.82) is 0 Å². The largest absolute Gasteiger partial charge is 0.493 e. The van der Waals surface area contributed by atoms with Gasteiger partial charge in [-0.25, -0.2) is 0 Å². The molecular formula is C14H20O. The molecule has 0 radical (unpaired) electrons. The zero-order valence-corrected chi connectivity index (χ0v) is 9.92. The monoisotopic (exact) mass is 204 g/mol. The Morgan fingerprint density at radius 1 is 1.20 bits per heavy atom. The molecule has 1 heterocycles. The Morgan fingerprint density at radius 2 is 1.93 bits per heavy atom. The quantitative estimate of drug-likeness (QED) is 0.706. The smallest absolute Gasteiger partial charge is 0.122 e. The first-order valence-corrected chi connectivity index (χ1v) is 5.83. The highest BCUT2D eigenvalue weighted by Gasteiger charge is 2.10. The van der Waals surface area contributed by atoms with Crippen molar-refractivity contribution in [3.8, 4) is 0 Å². The summed E-state index contributed by atoms with van der Waals surface area (Å²) < 4.78 is 5.54. The normalized spacial score (nSPS) is 13.7. The van der Waals surface area contributed by atoms with Crippen LogP contribution in [0.15, 0.2) is 30.3 Å². The minimum Gasteiger partial charge on any atom is -0.493 e. The van der Waals surface area contributed by atoms with Gasteiger partial charge in [0.25, 0.3) is 0 Å². The molecule has 2 rings (SSSR count). The second-order valence-electron chi connectivity index (χ2n) is 3.22. The molecule has 0 spiro atoms. The Kier molecular flexibility index (Phi) is 4.96. The first-order chi connectivity index (χ1) is 7.42. The van der Waals surface area contributed by atoms with Gasteiger partial charge in [-0.1, -0.05) is 45.0 Å². The Hall–Kier alpha value is -1.24. The van der Waals surface area contributed by atoms with Gasteiger partial charge < -0.3 is 4.74 Å². The Labute approximate surface area is 92.8 Å². The molecule has 0 saturated heterocycles. The highest BCUT2D eigenvalue weighted by molar-refractivity contribution is 5.64. The molecule has 1 aliphatic heterocycles. The molecule has 1 nitrogen and oxygen atoms in total. The summed E-state index contributed by atoms with van der Waals surface area (Å²) in [5.41, 5.74) is 2.64. The Balaban J connectivity index is 0.000000531. The van der Waals surface area contributed by atoms with Gasteiger partial charge >= 0.3 is 0 Å². The highest BCUT2D eigenvalue weighted by Crippen LogP contribution is 2.24. The fourth-order valence-corrected chi connectivity index (χ4v) is 1.67. The van der Waals surface area contributed by atoms with E-state index in [-0.39, 0.29) is 0 Å². The van der Waals surface area contributed by atoms with Crippen LogP contribution in [0.2, 0.25) is 0 Å². The van der Waals surface area contributed by atoms with Crippen molar-refractivity contribution in [1.82, 2.24) is 0 Å². The van der Waals surface area contributed by atoms with E-state index in [9.17, 15) is 0 Å². The predicted molar refractivity (Wildman–Crippen MR) is 65.7 cm³/mol. The molecule has 0 aromatic heterocycles. The van der Waals surface area contributed by atoms with E-state index in [0.29, 0.717) is 0 Å². The van der Waals surface area contributed by atoms with Crippen LogP contribution in [-0.4, -0.2) is 6.61 Å². The molecule has 1 aromatic rings. The van der Waals surface area contributed by atoms with Crippen LogP contribution in [-0.2, 0) is 11.2 Å². The Bertz CT molecular complexity index is 326. The lowest BCUT2D eigenvalue weighted by molar-refractivity contribution is 0.307. The van der Waals surface area contributed by atoms with Gasteiger partial charge in [0.05, 0.1) is 6.61 Å². The minimum atomic E-state index is 0.841. The third-order valence-electron chi connectivity index (χ3n) is 2.37. The van der Waals surface area contributed by atoms with E-state index in [0.717, 1.165) is 25.2 Å². The molecule has 0 N–H and O–H groups in total. The molecule has 15 heavy (non-hydrogen) atoms. The number of hydrogen-bond donors (Lipinski definition) is 0. The molecule has 0 unspecified atom stereocenters. The van der Waals surface area contributed by atoms with Crippen molar-refractivity contribution in [3.63, 3.8) is 0 Å². The van der Waals surface area contributed by atoms with Crippen LogP contribution in [0, 0.1) is 0 Å². The van der Waals surface area contributed by atoms with Crippen LogP contribution in [0.4, 0.5) is 0 Å². The van der Waals surface area contributed by atoms with Crippen LogP contribution in [0.3, 0.4) is 0 Å². The van der Waals surface area contributed by atoms with E-state index in [1.807, 2.05) is 13.8 Å². The average Bonchev–Trinajstić information content (AvgIpc) is 2.85. The average molecular weight is 204 g/mol. The van der Waals surface area contributed by atoms with Crippen molar-refractivity contribution in [3.05, 3.63) is 41.5 Å². The highest BCUT2D eigenvalue weighted by atomic mass is 16.5. The molecule has 0 bridgehead atoms. The summed E-state index contributed by atoms with van der Waals surface area (Å²) in [5, 5.41) is 0. The van der Waals surface area contributed by atoms with Crippen LogP contribution in [0.1, 0.15) is 38.3 Å². The maximum Gasteiger partial charge on any atom is 0.122 e. The third-order valence-corrected chi connectivity index (χ3v) is 2.37. The topological polar surface area (TPSA) is 9.23 Å². The van der Waals surface area contributed by atoms with Gasteiger partial charge in [0.15, 0.2) is 0 Å². The van der Waals surface area contributed by atoms with Gasteiger partial charge in [0, 0.05) is 12.0 Å². The summed E-state index contributed by atoms with van der Waals surface area (Å²) in [7, 11) is 0. The van der Waals surface area contributed by atoms with Gasteiger partial charge in [-0.15, -0.1) is 0 Å². The molecule has 1 aromatic carbocycles. The lowest BCUT2D eigenvalue weighted by atomic mass is 10.0. The molecule has 82 valence electrons. The number of hydrogen-bond acceptors (Lipinski definition) is 1. The molecule has 1 heteroatoms. The van der Waals surface area contributed by atoms with Crippen molar-refractivity contribution < 1.29 is 4.74 Å². The zero-order chi connectivity index (χ0) is 11.1. The number of aryl methyl sites for hydroxylation is 1.